The van der Waals surface area contributed by atoms with Crippen LogP contribution in [0.1, 0.15) is 56.9 Å². The lowest BCUT2D eigenvalue weighted by Crippen LogP contribution is -2.50. The number of carbonyl (C=O) groups excluding carboxylic acids is 1. The van der Waals surface area contributed by atoms with Gasteiger partial charge in [-0.3, -0.25) is 9.79 Å². The molecule has 0 radical (unpaired) electrons. The summed E-state index contributed by atoms with van der Waals surface area (Å²) in [6.45, 7) is 3.67. The average molecular weight is 573 g/mol. The topological polar surface area (TPSA) is 66.0 Å². The number of rotatable bonds is 5. The van der Waals surface area contributed by atoms with Gasteiger partial charge in [-0.2, -0.15) is 0 Å². The molecule has 0 aromatic heterocycles. The zero-order valence-electron chi connectivity index (χ0n) is 19.7. The van der Waals surface area contributed by atoms with E-state index in [0.717, 1.165) is 56.7 Å². The Morgan fingerprint density at radius 1 is 1.15 bits per heavy atom. The lowest BCUT2D eigenvalue weighted by molar-refractivity contribution is -0.135. The maximum Gasteiger partial charge on any atom is 0.225 e. The number of carbonyl (C=O) groups is 1. The van der Waals surface area contributed by atoms with E-state index >= 15 is 0 Å². The van der Waals surface area contributed by atoms with Gasteiger partial charge in [0.2, 0.25) is 5.91 Å². The second-order valence-corrected chi connectivity index (χ2v) is 9.57. The van der Waals surface area contributed by atoms with Gasteiger partial charge in [-0.05, 0) is 49.8 Å². The minimum Gasteiger partial charge on any atom is -0.381 e. The number of nitrogens with zero attached hydrogens (tertiary/aromatic N) is 2. The van der Waals surface area contributed by atoms with Crippen LogP contribution < -0.4 is 10.6 Å². The minimum atomic E-state index is -0.213. The molecule has 2 N–H and O–H groups in total. The fraction of sp³-hybridized carbons (Fsp3) is 0.680. The first-order valence-corrected chi connectivity index (χ1v) is 12.2. The third-order valence-corrected chi connectivity index (χ3v) is 7.52. The molecule has 3 fully saturated rings. The Labute approximate surface area is 214 Å². The van der Waals surface area contributed by atoms with Gasteiger partial charge in [-0.15, -0.1) is 24.0 Å². The summed E-state index contributed by atoms with van der Waals surface area (Å²) in [4.78, 5) is 19.3. The van der Waals surface area contributed by atoms with E-state index in [0.29, 0.717) is 25.7 Å². The van der Waals surface area contributed by atoms with Crippen molar-refractivity contribution in [1.82, 2.24) is 15.5 Å². The lowest BCUT2D eigenvalue weighted by atomic mass is 9.74. The predicted octanol–water partition coefficient (Wildman–Crippen LogP) is 3.84. The van der Waals surface area contributed by atoms with Gasteiger partial charge in [0.25, 0.3) is 0 Å². The molecule has 2 aliphatic heterocycles. The monoisotopic (exact) mass is 572 g/mol. The molecule has 2 heterocycles. The van der Waals surface area contributed by atoms with E-state index in [-0.39, 0.29) is 47.2 Å². The van der Waals surface area contributed by atoms with Crippen LogP contribution >= 0.6 is 24.0 Å². The van der Waals surface area contributed by atoms with E-state index in [1.54, 1.807) is 7.05 Å². The standard InChI is InChI=1S/C25H37FN4O2.HI/c1-27-24(29-22-11-14-30(17-22)23(31)19-5-3-2-4-6-19)28-18-25(12-15-32-16-13-25)20-7-9-21(26)10-8-20;/h7-10,19,22H,2-6,11-18H2,1H3,(H2,27,28,29);1H. The zero-order chi connectivity index (χ0) is 22.4. The average Bonchev–Trinajstić information content (AvgIpc) is 3.31. The first-order chi connectivity index (χ1) is 15.6. The number of nitrogens with one attached hydrogen (secondary N) is 2. The van der Waals surface area contributed by atoms with Gasteiger partial charge in [-0.25, -0.2) is 4.39 Å². The summed E-state index contributed by atoms with van der Waals surface area (Å²) in [7, 11) is 1.78. The Morgan fingerprint density at radius 3 is 2.52 bits per heavy atom. The maximum atomic E-state index is 13.5. The first-order valence-electron chi connectivity index (χ1n) is 12.2. The number of guanidine groups is 1. The van der Waals surface area contributed by atoms with Gasteiger partial charge >= 0.3 is 0 Å². The van der Waals surface area contributed by atoms with Gasteiger partial charge in [0.1, 0.15) is 5.82 Å². The molecule has 1 amide bonds. The number of likely N-dealkylation sites (tertiary alicyclic amines) is 1. The lowest BCUT2D eigenvalue weighted by Gasteiger charge is -2.38. The van der Waals surface area contributed by atoms with Crippen molar-refractivity contribution >= 4 is 35.8 Å². The highest BCUT2D eigenvalue weighted by molar-refractivity contribution is 14.0. The first kappa shape index (κ1) is 26.2. The van der Waals surface area contributed by atoms with Gasteiger partial charge < -0.3 is 20.3 Å². The molecule has 6 nitrogen and oxygen atoms in total. The smallest absolute Gasteiger partial charge is 0.225 e. The predicted molar refractivity (Wildman–Crippen MR) is 140 cm³/mol. The molecule has 1 unspecified atom stereocenters. The van der Waals surface area contributed by atoms with Gasteiger partial charge in [-0.1, -0.05) is 31.4 Å². The van der Waals surface area contributed by atoms with Crippen LogP contribution in [0.5, 0.6) is 0 Å². The van der Waals surface area contributed by atoms with E-state index in [2.05, 4.69) is 15.6 Å². The molecular formula is C25H38FIN4O2. The molecular weight excluding hydrogens is 534 g/mol. The highest BCUT2D eigenvalue weighted by Gasteiger charge is 2.35. The number of aliphatic imine (C=N–C) groups is 1. The molecule has 1 aromatic rings. The molecule has 1 aromatic carbocycles. The largest absolute Gasteiger partial charge is 0.381 e. The summed E-state index contributed by atoms with van der Waals surface area (Å²) in [5, 5.41) is 7.04. The third-order valence-electron chi connectivity index (χ3n) is 7.52. The van der Waals surface area contributed by atoms with Crippen molar-refractivity contribution in [3.63, 3.8) is 0 Å². The van der Waals surface area contributed by atoms with Gasteiger partial charge in [0, 0.05) is 57.3 Å². The third kappa shape index (κ3) is 6.59. The molecule has 0 bridgehead atoms. The number of ether oxygens (including phenoxy) is 1. The Hall–Kier alpha value is -1.42. The molecule has 8 heteroatoms. The van der Waals surface area contributed by atoms with E-state index in [9.17, 15) is 9.18 Å². The van der Waals surface area contributed by atoms with Crippen molar-refractivity contribution in [2.45, 2.75) is 62.8 Å². The van der Waals surface area contributed by atoms with Crippen molar-refractivity contribution in [2.75, 3.05) is 39.9 Å². The van der Waals surface area contributed by atoms with Crippen molar-refractivity contribution in [3.8, 4) is 0 Å². The van der Waals surface area contributed by atoms with Crippen LogP contribution in [0.2, 0.25) is 0 Å². The molecule has 3 aliphatic rings. The van der Waals surface area contributed by atoms with Gasteiger partial charge in [0.05, 0.1) is 0 Å². The highest BCUT2D eigenvalue weighted by Crippen LogP contribution is 2.34. The van der Waals surface area contributed by atoms with Crippen molar-refractivity contribution in [1.29, 1.82) is 0 Å². The van der Waals surface area contributed by atoms with E-state index in [4.69, 9.17) is 4.74 Å². The highest BCUT2D eigenvalue weighted by atomic mass is 127. The van der Waals surface area contributed by atoms with Crippen LogP contribution in [-0.2, 0) is 14.9 Å². The molecule has 0 spiro atoms. The van der Waals surface area contributed by atoms with E-state index < -0.39 is 0 Å². The van der Waals surface area contributed by atoms with Crippen LogP contribution in [0.4, 0.5) is 4.39 Å². The Bertz CT molecular complexity index is 792. The summed E-state index contributed by atoms with van der Waals surface area (Å²) in [6, 6.07) is 7.07. The quantitative estimate of drug-likeness (QED) is 0.320. The molecule has 4 rings (SSSR count). The summed E-state index contributed by atoms with van der Waals surface area (Å²) < 4.78 is 19.1. The molecule has 1 atom stereocenters. The summed E-state index contributed by atoms with van der Waals surface area (Å²) in [6.07, 6.45) is 8.44. The number of halogens is 2. The maximum absolute atomic E-state index is 13.5. The second-order valence-electron chi connectivity index (χ2n) is 9.57. The van der Waals surface area contributed by atoms with Crippen LogP contribution in [-0.4, -0.2) is 62.7 Å². The molecule has 2 saturated heterocycles. The van der Waals surface area contributed by atoms with Crippen molar-refractivity contribution in [3.05, 3.63) is 35.6 Å². The van der Waals surface area contributed by atoms with Crippen molar-refractivity contribution < 1.29 is 13.9 Å². The van der Waals surface area contributed by atoms with Crippen LogP contribution in [0.3, 0.4) is 0 Å². The number of hydrogen-bond donors (Lipinski definition) is 2. The Balaban J connectivity index is 0.00000306. The van der Waals surface area contributed by atoms with Crippen molar-refractivity contribution in [2.24, 2.45) is 10.9 Å². The van der Waals surface area contributed by atoms with Crippen LogP contribution in [0, 0.1) is 11.7 Å². The van der Waals surface area contributed by atoms with Crippen LogP contribution in [0.25, 0.3) is 0 Å². The number of benzene rings is 1. The summed E-state index contributed by atoms with van der Waals surface area (Å²) >= 11 is 0. The normalized spacial score (nSPS) is 23.6. The fourth-order valence-electron chi connectivity index (χ4n) is 5.46. The second kappa shape index (κ2) is 12.3. The zero-order valence-corrected chi connectivity index (χ0v) is 22.0. The molecule has 33 heavy (non-hydrogen) atoms. The number of hydrogen-bond acceptors (Lipinski definition) is 3. The van der Waals surface area contributed by atoms with Gasteiger partial charge in [0.15, 0.2) is 5.96 Å². The Kier molecular flexibility index (Phi) is 9.79. The minimum absolute atomic E-state index is 0. The van der Waals surface area contributed by atoms with E-state index in [1.807, 2.05) is 17.0 Å². The summed E-state index contributed by atoms with van der Waals surface area (Å²) in [5.41, 5.74) is 1.03. The molecule has 1 aliphatic carbocycles. The van der Waals surface area contributed by atoms with Crippen LogP contribution in [0.15, 0.2) is 29.3 Å². The fourth-order valence-corrected chi connectivity index (χ4v) is 5.46. The molecule has 1 saturated carbocycles. The van der Waals surface area contributed by atoms with E-state index in [1.165, 1.54) is 31.4 Å². The Morgan fingerprint density at radius 2 is 1.85 bits per heavy atom. The molecule has 184 valence electrons. The number of amides is 1. The SMILES string of the molecule is CN=C(NCC1(c2ccc(F)cc2)CCOCC1)NC1CCN(C(=O)C2CCCCC2)C1.I. The summed E-state index contributed by atoms with van der Waals surface area (Å²) in [5.74, 6) is 1.11.